The van der Waals surface area contributed by atoms with E-state index in [-0.39, 0.29) is 12.1 Å². The summed E-state index contributed by atoms with van der Waals surface area (Å²) in [4.78, 5) is 18.1. The molecule has 0 saturated carbocycles. The zero-order valence-corrected chi connectivity index (χ0v) is 15.7. The maximum absolute atomic E-state index is 11.9. The van der Waals surface area contributed by atoms with Crippen molar-refractivity contribution in [2.24, 2.45) is 0 Å². The quantitative estimate of drug-likeness (QED) is 0.901. The molecule has 2 aliphatic rings. The second kappa shape index (κ2) is 7.86. The number of allylic oxidation sites excluding steroid dienone is 3. The van der Waals surface area contributed by atoms with E-state index in [1.54, 1.807) is 0 Å². The van der Waals surface area contributed by atoms with Gasteiger partial charge in [0.05, 0.1) is 0 Å². The van der Waals surface area contributed by atoms with Crippen molar-refractivity contribution in [3.63, 3.8) is 0 Å². The van der Waals surface area contributed by atoms with Crippen molar-refractivity contribution in [3.8, 4) is 0 Å². The summed E-state index contributed by atoms with van der Waals surface area (Å²) < 4.78 is 8.18. The van der Waals surface area contributed by atoms with Crippen molar-refractivity contribution in [2.45, 2.75) is 38.2 Å². The van der Waals surface area contributed by atoms with Crippen LogP contribution >= 0.6 is 0 Å². The Kier molecular flexibility index (Phi) is 5.14. The highest BCUT2D eigenvalue weighted by atomic mass is 16.5. The summed E-state index contributed by atoms with van der Waals surface area (Å²) in [6, 6.07) is 4.33. The first-order chi connectivity index (χ1) is 13.2. The van der Waals surface area contributed by atoms with Gasteiger partial charge < -0.3 is 19.4 Å². The summed E-state index contributed by atoms with van der Waals surface area (Å²) in [5.74, 6) is 1.31. The monoisotopic (exact) mass is 366 g/mol. The van der Waals surface area contributed by atoms with Gasteiger partial charge in [-0.15, -0.1) is 0 Å². The van der Waals surface area contributed by atoms with Crippen molar-refractivity contribution in [3.05, 3.63) is 60.3 Å². The number of urea groups is 1. The van der Waals surface area contributed by atoms with Gasteiger partial charge in [-0.25, -0.2) is 9.78 Å². The molecule has 2 amide bonds. The van der Waals surface area contributed by atoms with E-state index in [0.717, 1.165) is 43.8 Å². The van der Waals surface area contributed by atoms with E-state index in [0.29, 0.717) is 12.5 Å². The minimum Gasteiger partial charge on any atom is -0.491 e. The molecule has 2 aromatic rings. The number of hydrogen-bond acceptors (Lipinski definition) is 3. The molecule has 3 heterocycles. The summed E-state index contributed by atoms with van der Waals surface area (Å²) in [6.07, 6.45) is 15.2. The number of likely N-dealkylation sites (tertiary alicyclic amines) is 1. The smallest absolute Gasteiger partial charge is 0.317 e. The third-order valence-corrected chi connectivity index (χ3v) is 5.28. The molecule has 1 atom stereocenters. The van der Waals surface area contributed by atoms with Crippen LogP contribution in [-0.4, -0.2) is 46.1 Å². The number of nitrogens with one attached hydrogen (secondary N) is 1. The van der Waals surface area contributed by atoms with Gasteiger partial charge in [0.2, 0.25) is 0 Å². The van der Waals surface area contributed by atoms with Crippen LogP contribution in [0.25, 0.3) is 5.65 Å². The number of imidazole rings is 1. The molecule has 142 valence electrons. The molecule has 0 bridgehead atoms. The molecule has 0 spiro atoms. The Morgan fingerprint density at radius 1 is 1.33 bits per heavy atom. The lowest BCUT2D eigenvalue weighted by atomic mass is 9.92. The Morgan fingerprint density at radius 2 is 2.19 bits per heavy atom. The predicted octanol–water partition coefficient (Wildman–Crippen LogP) is 3.47. The van der Waals surface area contributed by atoms with Gasteiger partial charge in [-0.2, -0.15) is 0 Å². The fourth-order valence-electron chi connectivity index (χ4n) is 3.72. The van der Waals surface area contributed by atoms with E-state index in [1.807, 2.05) is 28.6 Å². The molecular formula is C21H26N4O2. The molecule has 1 saturated heterocycles. The zero-order valence-electron chi connectivity index (χ0n) is 15.7. The zero-order chi connectivity index (χ0) is 18.6. The van der Waals surface area contributed by atoms with E-state index in [2.05, 4.69) is 46.9 Å². The van der Waals surface area contributed by atoms with Crippen LogP contribution in [0.4, 0.5) is 4.79 Å². The van der Waals surface area contributed by atoms with Crippen LogP contribution in [0.15, 0.2) is 54.7 Å². The van der Waals surface area contributed by atoms with Crippen molar-refractivity contribution in [2.75, 3.05) is 19.6 Å². The Hall–Kier alpha value is -2.76. The Labute approximate surface area is 159 Å². The second-order valence-electron chi connectivity index (χ2n) is 7.10. The average Bonchev–Trinajstić information content (AvgIpc) is 3.17. The molecule has 1 unspecified atom stereocenters. The number of fused-ring (bicyclic) bond motifs is 1. The van der Waals surface area contributed by atoms with E-state index in [4.69, 9.17) is 4.74 Å². The summed E-state index contributed by atoms with van der Waals surface area (Å²) >= 11 is 0. The van der Waals surface area contributed by atoms with Gasteiger partial charge in [-0.1, -0.05) is 6.08 Å². The highest BCUT2D eigenvalue weighted by Gasteiger charge is 2.24. The van der Waals surface area contributed by atoms with Gasteiger partial charge >= 0.3 is 6.03 Å². The van der Waals surface area contributed by atoms with Crippen molar-refractivity contribution < 1.29 is 9.53 Å². The first-order valence-corrected chi connectivity index (χ1v) is 9.73. The predicted molar refractivity (Wildman–Crippen MR) is 105 cm³/mol. The lowest BCUT2D eigenvalue weighted by Crippen LogP contribution is -2.45. The Bertz CT molecular complexity index is 862. The van der Waals surface area contributed by atoms with E-state index in [1.165, 1.54) is 5.56 Å². The number of pyridine rings is 1. The number of rotatable bonds is 4. The number of ether oxygens (including phenoxy) is 1. The summed E-state index contributed by atoms with van der Waals surface area (Å²) in [5.41, 5.74) is 2.25. The van der Waals surface area contributed by atoms with Crippen LogP contribution < -0.4 is 5.32 Å². The fraction of sp³-hybridized carbons (Fsp3) is 0.429. The lowest BCUT2D eigenvalue weighted by Gasteiger charge is -2.32. The van der Waals surface area contributed by atoms with Crippen LogP contribution in [-0.2, 0) is 4.74 Å². The van der Waals surface area contributed by atoms with Crippen molar-refractivity contribution in [1.82, 2.24) is 19.6 Å². The van der Waals surface area contributed by atoms with Gasteiger partial charge in [-0.3, -0.25) is 0 Å². The van der Waals surface area contributed by atoms with Gasteiger partial charge in [0.25, 0.3) is 0 Å². The van der Waals surface area contributed by atoms with E-state index in [9.17, 15) is 4.79 Å². The summed E-state index contributed by atoms with van der Waals surface area (Å²) in [5, 5.41) is 2.86. The Morgan fingerprint density at radius 3 is 2.93 bits per heavy atom. The molecule has 1 aliphatic heterocycles. The van der Waals surface area contributed by atoms with Gasteiger partial charge in [0.15, 0.2) is 0 Å². The minimum absolute atomic E-state index is 0.0324. The minimum atomic E-state index is 0.0324. The van der Waals surface area contributed by atoms with Crippen molar-refractivity contribution in [1.29, 1.82) is 0 Å². The first kappa shape index (κ1) is 17.6. The number of hydrogen-bond donors (Lipinski definition) is 1. The molecule has 2 aromatic heterocycles. The summed E-state index contributed by atoms with van der Waals surface area (Å²) in [7, 11) is 0. The molecule has 6 heteroatoms. The number of amides is 2. The molecule has 1 N–H and O–H groups in total. The van der Waals surface area contributed by atoms with E-state index < -0.39 is 0 Å². The van der Waals surface area contributed by atoms with Crippen LogP contribution in [0.5, 0.6) is 0 Å². The van der Waals surface area contributed by atoms with Crippen LogP contribution in [0.1, 0.15) is 37.7 Å². The molecule has 1 fully saturated rings. The van der Waals surface area contributed by atoms with Gasteiger partial charge in [0.1, 0.15) is 17.5 Å². The molecule has 27 heavy (non-hydrogen) atoms. The number of carbonyl (C=O) groups is 1. The SMILES string of the molecule is CCNC(=O)N1CCC(OC2=CCC(c3ccn4ccnc4c3)C=C2)CC1. The number of carbonyl (C=O) groups excluding carboxylic acids is 1. The average molecular weight is 366 g/mol. The van der Waals surface area contributed by atoms with Crippen LogP contribution in [0.2, 0.25) is 0 Å². The van der Waals surface area contributed by atoms with Gasteiger partial charge in [0, 0.05) is 57.0 Å². The van der Waals surface area contributed by atoms with E-state index >= 15 is 0 Å². The molecular weight excluding hydrogens is 340 g/mol. The third-order valence-electron chi connectivity index (χ3n) is 5.28. The number of aromatic nitrogens is 2. The molecule has 0 radical (unpaired) electrons. The standard InChI is InChI=1S/C21H26N4O2/c1-2-22-21(26)25-12-8-19(9-13-25)27-18-5-3-16(4-6-18)17-7-11-24-14-10-23-20(24)15-17/h3,5-7,10-11,14-16,19H,2,4,8-9,12-13H2,1H3,(H,22,26). The first-order valence-electron chi connectivity index (χ1n) is 9.73. The topological polar surface area (TPSA) is 58.9 Å². The maximum atomic E-state index is 11.9. The number of piperidine rings is 1. The summed E-state index contributed by atoms with van der Waals surface area (Å²) in [6.45, 7) is 4.11. The Balaban J connectivity index is 1.30. The van der Waals surface area contributed by atoms with Crippen LogP contribution in [0, 0.1) is 0 Å². The third kappa shape index (κ3) is 3.99. The lowest BCUT2D eigenvalue weighted by molar-refractivity contribution is 0.0648. The van der Waals surface area contributed by atoms with Crippen LogP contribution in [0.3, 0.4) is 0 Å². The highest BCUT2D eigenvalue weighted by Crippen LogP contribution is 2.29. The highest BCUT2D eigenvalue weighted by molar-refractivity contribution is 5.74. The second-order valence-corrected chi connectivity index (χ2v) is 7.10. The number of nitrogens with zero attached hydrogens (tertiary/aromatic N) is 3. The maximum Gasteiger partial charge on any atom is 0.317 e. The largest absolute Gasteiger partial charge is 0.491 e. The van der Waals surface area contributed by atoms with Gasteiger partial charge in [-0.05, 0) is 43.2 Å². The molecule has 6 nitrogen and oxygen atoms in total. The van der Waals surface area contributed by atoms with Crippen molar-refractivity contribution >= 4 is 11.7 Å². The molecule has 1 aliphatic carbocycles. The normalized spacial score (nSPS) is 20.6. The fourth-order valence-corrected chi connectivity index (χ4v) is 3.72. The molecule has 4 rings (SSSR count). The molecule has 0 aromatic carbocycles.